The van der Waals surface area contributed by atoms with Crippen LogP contribution in [-0.4, -0.2) is 58.2 Å². The van der Waals surface area contributed by atoms with Crippen molar-refractivity contribution in [3.8, 4) is 11.5 Å². The summed E-state index contributed by atoms with van der Waals surface area (Å²) in [5, 5.41) is 8.45. The SMILES string of the molecule is COc1ccc(CN=C(NCCc2cccs2)NCC(=O)N(C)C)cc1OC. The molecule has 8 heteroatoms. The first-order valence-electron chi connectivity index (χ1n) is 8.99. The Kier molecular flexibility index (Phi) is 8.61. The van der Waals surface area contributed by atoms with Crippen LogP contribution in [0, 0.1) is 0 Å². The molecule has 0 saturated carbocycles. The van der Waals surface area contributed by atoms with Gasteiger partial charge in [-0.05, 0) is 35.6 Å². The Morgan fingerprint density at radius 3 is 2.57 bits per heavy atom. The summed E-state index contributed by atoms with van der Waals surface area (Å²) in [6.07, 6.45) is 0.899. The number of guanidine groups is 1. The van der Waals surface area contributed by atoms with Crippen molar-refractivity contribution < 1.29 is 14.3 Å². The number of thiophene rings is 1. The van der Waals surface area contributed by atoms with Crippen LogP contribution in [0.5, 0.6) is 11.5 Å². The van der Waals surface area contributed by atoms with Gasteiger partial charge in [0.25, 0.3) is 0 Å². The van der Waals surface area contributed by atoms with Gasteiger partial charge in [-0.1, -0.05) is 12.1 Å². The third-order valence-electron chi connectivity index (χ3n) is 4.02. The molecule has 2 aromatic rings. The highest BCUT2D eigenvalue weighted by molar-refractivity contribution is 7.09. The fourth-order valence-electron chi connectivity index (χ4n) is 2.40. The maximum absolute atomic E-state index is 11.9. The molecule has 1 heterocycles. The van der Waals surface area contributed by atoms with Crippen molar-refractivity contribution in [2.45, 2.75) is 13.0 Å². The number of amides is 1. The topological polar surface area (TPSA) is 75.2 Å². The van der Waals surface area contributed by atoms with Gasteiger partial charge in [-0.25, -0.2) is 4.99 Å². The van der Waals surface area contributed by atoms with Crippen molar-refractivity contribution in [1.29, 1.82) is 0 Å². The highest BCUT2D eigenvalue weighted by atomic mass is 32.1. The zero-order chi connectivity index (χ0) is 20.4. The minimum Gasteiger partial charge on any atom is -0.493 e. The van der Waals surface area contributed by atoms with Gasteiger partial charge in [-0.2, -0.15) is 0 Å². The van der Waals surface area contributed by atoms with Crippen LogP contribution in [0.4, 0.5) is 0 Å². The van der Waals surface area contributed by atoms with E-state index in [-0.39, 0.29) is 12.5 Å². The normalized spacial score (nSPS) is 11.1. The van der Waals surface area contributed by atoms with Gasteiger partial charge in [-0.15, -0.1) is 11.3 Å². The highest BCUT2D eigenvalue weighted by Gasteiger charge is 2.07. The maximum Gasteiger partial charge on any atom is 0.241 e. The Bertz CT molecular complexity index is 776. The van der Waals surface area contributed by atoms with Gasteiger partial charge in [0.2, 0.25) is 5.91 Å². The van der Waals surface area contributed by atoms with Gasteiger partial charge >= 0.3 is 0 Å². The molecule has 2 rings (SSSR count). The number of likely N-dealkylation sites (N-methyl/N-ethyl adjacent to an activating group) is 1. The summed E-state index contributed by atoms with van der Waals surface area (Å²) in [7, 11) is 6.68. The van der Waals surface area contributed by atoms with Gasteiger partial charge in [0.05, 0.1) is 27.3 Å². The number of nitrogens with one attached hydrogen (secondary N) is 2. The number of benzene rings is 1. The third-order valence-corrected chi connectivity index (χ3v) is 4.95. The predicted octanol–water partition coefficient (Wildman–Crippen LogP) is 2.13. The van der Waals surface area contributed by atoms with Gasteiger partial charge in [0.1, 0.15) is 0 Å². The summed E-state index contributed by atoms with van der Waals surface area (Å²) < 4.78 is 10.6. The molecule has 0 unspecified atom stereocenters. The Labute approximate surface area is 170 Å². The third kappa shape index (κ3) is 6.77. The van der Waals surface area contributed by atoms with Crippen molar-refractivity contribution >= 4 is 23.2 Å². The number of nitrogens with zero attached hydrogens (tertiary/aromatic N) is 2. The summed E-state index contributed by atoms with van der Waals surface area (Å²) in [5.41, 5.74) is 0.982. The van der Waals surface area contributed by atoms with Crippen LogP contribution in [0.15, 0.2) is 40.7 Å². The molecule has 0 saturated heterocycles. The highest BCUT2D eigenvalue weighted by Crippen LogP contribution is 2.27. The van der Waals surface area contributed by atoms with Gasteiger partial charge in [-0.3, -0.25) is 4.79 Å². The molecule has 1 amide bonds. The summed E-state index contributed by atoms with van der Waals surface area (Å²) in [4.78, 5) is 19.3. The molecule has 28 heavy (non-hydrogen) atoms. The van der Waals surface area contributed by atoms with Crippen LogP contribution >= 0.6 is 11.3 Å². The Hall–Kier alpha value is -2.74. The van der Waals surface area contributed by atoms with Crippen molar-refractivity contribution in [3.05, 3.63) is 46.2 Å². The number of methoxy groups -OCH3 is 2. The second-order valence-corrected chi connectivity index (χ2v) is 7.28. The fraction of sp³-hybridized carbons (Fsp3) is 0.400. The lowest BCUT2D eigenvalue weighted by Crippen LogP contribution is -2.43. The van der Waals surface area contributed by atoms with Crippen LogP contribution in [0.25, 0.3) is 0 Å². The molecule has 0 spiro atoms. The van der Waals surface area contributed by atoms with Crippen molar-refractivity contribution in [2.24, 2.45) is 4.99 Å². The Balaban J connectivity index is 2.02. The molecule has 2 N–H and O–H groups in total. The first-order chi connectivity index (χ1) is 13.5. The number of ether oxygens (including phenoxy) is 2. The molecule has 1 aromatic heterocycles. The van der Waals surface area contributed by atoms with E-state index < -0.39 is 0 Å². The maximum atomic E-state index is 11.9. The average molecular weight is 405 g/mol. The molecular weight excluding hydrogens is 376 g/mol. The summed E-state index contributed by atoms with van der Waals surface area (Å²) in [6.45, 7) is 1.36. The van der Waals surface area contributed by atoms with E-state index in [9.17, 15) is 4.79 Å². The zero-order valence-corrected chi connectivity index (χ0v) is 17.6. The number of carbonyl (C=O) groups excluding carboxylic acids is 1. The second-order valence-electron chi connectivity index (χ2n) is 6.25. The monoisotopic (exact) mass is 404 g/mol. The second kappa shape index (κ2) is 11.2. The van der Waals surface area contributed by atoms with Crippen molar-refractivity contribution in [1.82, 2.24) is 15.5 Å². The number of rotatable bonds is 9. The lowest BCUT2D eigenvalue weighted by molar-refractivity contribution is -0.127. The summed E-state index contributed by atoms with van der Waals surface area (Å²) >= 11 is 1.73. The number of carbonyl (C=O) groups is 1. The minimum absolute atomic E-state index is 0.0149. The van der Waals surface area contributed by atoms with Crippen LogP contribution in [0.2, 0.25) is 0 Å². The van der Waals surface area contributed by atoms with E-state index in [1.807, 2.05) is 24.3 Å². The molecule has 1 aromatic carbocycles. The Morgan fingerprint density at radius 1 is 1.14 bits per heavy atom. The fourth-order valence-corrected chi connectivity index (χ4v) is 3.11. The molecule has 0 fully saturated rings. The van der Waals surface area contributed by atoms with Crippen molar-refractivity contribution in [2.75, 3.05) is 41.4 Å². The van der Waals surface area contributed by atoms with Gasteiger partial charge in [0, 0.05) is 25.5 Å². The molecule has 0 bridgehead atoms. The molecule has 0 radical (unpaired) electrons. The zero-order valence-electron chi connectivity index (χ0n) is 16.8. The smallest absolute Gasteiger partial charge is 0.241 e. The van der Waals surface area contributed by atoms with E-state index in [0.29, 0.717) is 24.0 Å². The summed E-state index contributed by atoms with van der Waals surface area (Å²) in [6, 6.07) is 9.85. The van der Waals surface area contributed by atoms with E-state index in [4.69, 9.17) is 9.47 Å². The van der Waals surface area contributed by atoms with E-state index in [1.165, 1.54) is 4.88 Å². The Morgan fingerprint density at radius 2 is 1.93 bits per heavy atom. The largest absolute Gasteiger partial charge is 0.493 e. The molecule has 0 aliphatic rings. The quantitative estimate of drug-likeness (QED) is 0.495. The van der Waals surface area contributed by atoms with Crippen LogP contribution < -0.4 is 20.1 Å². The molecule has 152 valence electrons. The molecule has 7 nitrogen and oxygen atoms in total. The molecule has 0 atom stereocenters. The lowest BCUT2D eigenvalue weighted by atomic mass is 10.2. The van der Waals surface area contributed by atoms with Gasteiger partial charge < -0.3 is 25.0 Å². The summed E-state index contributed by atoms with van der Waals surface area (Å²) in [5.74, 6) is 1.93. The van der Waals surface area contributed by atoms with Gasteiger partial charge in [0.15, 0.2) is 17.5 Å². The molecule has 0 aliphatic heterocycles. The first-order valence-corrected chi connectivity index (χ1v) is 9.87. The van der Waals surface area contributed by atoms with Crippen LogP contribution in [-0.2, 0) is 17.8 Å². The van der Waals surface area contributed by atoms with Crippen LogP contribution in [0.3, 0.4) is 0 Å². The molecule has 0 aliphatic carbocycles. The van der Waals surface area contributed by atoms with Crippen LogP contribution in [0.1, 0.15) is 10.4 Å². The van der Waals surface area contributed by atoms with E-state index in [1.54, 1.807) is 44.6 Å². The number of aliphatic imine (C=N–C) groups is 1. The number of hydrogen-bond donors (Lipinski definition) is 2. The lowest BCUT2D eigenvalue weighted by Gasteiger charge is -2.15. The minimum atomic E-state index is -0.0149. The predicted molar refractivity (Wildman–Crippen MR) is 113 cm³/mol. The first kappa shape index (κ1) is 21.6. The van der Waals surface area contributed by atoms with Crippen molar-refractivity contribution in [3.63, 3.8) is 0 Å². The average Bonchev–Trinajstić information content (AvgIpc) is 3.22. The number of hydrogen-bond acceptors (Lipinski definition) is 5. The van der Waals surface area contributed by atoms with E-state index >= 15 is 0 Å². The van der Waals surface area contributed by atoms with E-state index in [0.717, 1.165) is 18.5 Å². The standard InChI is InChI=1S/C20H28N4O3S/c1-24(2)19(25)14-23-20(21-10-9-16-6-5-11-28-16)22-13-15-7-8-17(26-3)18(12-15)27-4/h5-8,11-12H,9-10,13-14H2,1-4H3,(H2,21,22,23). The van der Waals surface area contributed by atoms with E-state index in [2.05, 4.69) is 27.1 Å². The molecular formula is C20H28N4O3S.